The maximum Gasteiger partial charge on any atom is 0.257 e. The number of ketones is 1. The zero-order chi connectivity index (χ0) is 16.3. The first-order valence-corrected chi connectivity index (χ1v) is 10.2. The summed E-state index contributed by atoms with van der Waals surface area (Å²) in [5.41, 5.74) is 1.45. The van der Waals surface area contributed by atoms with Gasteiger partial charge in [-0.2, -0.15) is 0 Å². The Morgan fingerprint density at radius 2 is 1.88 bits per heavy atom. The van der Waals surface area contributed by atoms with Crippen molar-refractivity contribution < 1.29 is 9.21 Å². The van der Waals surface area contributed by atoms with Crippen molar-refractivity contribution in [3.05, 3.63) is 23.2 Å². The van der Waals surface area contributed by atoms with Crippen molar-refractivity contribution in [2.45, 2.75) is 43.7 Å². The van der Waals surface area contributed by atoms with Gasteiger partial charge in [0.15, 0.2) is 5.58 Å². The molecule has 4 saturated carbocycles. The van der Waals surface area contributed by atoms with E-state index in [1.807, 2.05) is 6.07 Å². The number of benzene rings is 1. The van der Waals surface area contributed by atoms with Gasteiger partial charge in [-0.05, 0) is 74.5 Å². The first-order valence-electron chi connectivity index (χ1n) is 8.82. The smallest absolute Gasteiger partial charge is 0.257 e. The Morgan fingerprint density at radius 3 is 2.54 bits per heavy atom. The first kappa shape index (κ1) is 15.3. The topological polar surface area (TPSA) is 43.1 Å². The lowest BCUT2D eigenvalue weighted by Gasteiger charge is -2.55. The average molecular weight is 362 g/mol. The summed E-state index contributed by atoms with van der Waals surface area (Å²) in [6.07, 6.45) is 7.48. The molecule has 5 heteroatoms. The minimum Gasteiger partial charge on any atom is -0.431 e. The van der Waals surface area contributed by atoms with E-state index in [4.69, 9.17) is 16.0 Å². The minimum absolute atomic E-state index is 0.0307. The summed E-state index contributed by atoms with van der Waals surface area (Å²) in [4.78, 5) is 17.5. The number of hydrogen-bond donors (Lipinski definition) is 0. The molecule has 0 saturated heterocycles. The van der Waals surface area contributed by atoms with Gasteiger partial charge in [0, 0.05) is 10.4 Å². The molecular weight excluding hydrogens is 342 g/mol. The fourth-order valence-electron chi connectivity index (χ4n) is 5.67. The Labute approximate surface area is 150 Å². The second-order valence-corrected chi connectivity index (χ2v) is 9.36. The number of Topliss-reactive ketones (excluding diaryl/α,β-unsaturated/α-hetero) is 1. The second-order valence-electron chi connectivity index (χ2n) is 8.00. The number of nitrogens with zero attached hydrogens (tertiary/aromatic N) is 1. The number of halogens is 1. The highest BCUT2D eigenvalue weighted by atomic mass is 35.5. The summed E-state index contributed by atoms with van der Waals surface area (Å²) in [6, 6.07) is 5.42. The summed E-state index contributed by atoms with van der Waals surface area (Å²) >= 11 is 7.43. The molecule has 4 fully saturated rings. The summed E-state index contributed by atoms with van der Waals surface area (Å²) < 4.78 is 5.73. The molecule has 4 aliphatic rings. The Balaban J connectivity index is 1.31. The highest BCUT2D eigenvalue weighted by molar-refractivity contribution is 7.99. The van der Waals surface area contributed by atoms with Gasteiger partial charge in [-0.1, -0.05) is 23.4 Å². The third-order valence-corrected chi connectivity index (χ3v) is 7.35. The van der Waals surface area contributed by atoms with Gasteiger partial charge >= 0.3 is 0 Å². The lowest BCUT2D eigenvalue weighted by molar-refractivity contribution is -0.141. The third kappa shape index (κ3) is 2.50. The predicted molar refractivity (Wildman–Crippen MR) is 95.4 cm³/mol. The van der Waals surface area contributed by atoms with Crippen molar-refractivity contribution in [3.63, 3.8) is 0 Å². The molecule has 1 aromatic carbocycles. The Morgan fingerprint density at radius 1 is 1.21 bits per heavy atom. The zero-order valence-corrected chi connectivity index (χ0v) is 15.0. The highest BCUT2D eigenvalue weighted by Crippen LogP contribution is 2.60. The molecule has 4 bridgehead atoms. The molecular formula is C19H20ClNO2S. The summed E-state index contributed by atoms with van der Waals surface area (Å²) in [5, 5.41) is 1.22. The normalized spacial score (nSPS) is 34.1. The lowest BCUT2D eigenvalue weighted by Crippen LogP contribution is -2.50. The molecule has 6 rings (SSSR count). The second kappa shape index (κ2) is 5.50. The van der Waals surface area contributed by atoms with Crippen LogP contribution in [0.3, 0.4) is 0 Å². The molecule has 126 valence electrons. The van der Waals surface area contributed by atoms with E-state index >= 15 is 0 Å². The zero-order valence-electron chi connectivity index (χ0n) is 13.5. The van der Waals surface area contributed by atoms with Gasteiger partial charge in [-0.25, -0.2) is 4.98 Å². The first-order chi connectivity index (χ1) is 11.6. The monoisotopic (exact) mass is 361 g/mol. The van der Waals surface area contributed by atoms with Crippen LogP contribution in [0.2, 0.25) is 5.02 Å². The molecule has 3 nitrogen and oxygen atoms in total. The average Bonchev–Trinajstić information content (AvgIpc) is 2.93. The van der Waals surface area contributed by atoms with Gasteiger partial charge in [0.05, 0.1) is 5.75 Å². The van der Waals surface area contributed by atoms with Crippen LogP contribution in [-0.2, 0) is 4.79 Å². The van der Waals surface area contributed by atoms with Crippen molar-refractivity contribution in [1.82, 2.24) is 4.98 Å². The SMILES string of the molecule is O=C(CSc1nc2cc(Cl)ccc2o1)C12CC3CC(CC(C3)C1)C2. The molecule has 0 aliphatic heterocycles. The molecule has 0 atom stereocenters. The molecule has 0 N–H and O–H groups in total. The quantitative estimate of drug-likeness (QED) is 0.687. The van der Waals surface area contributed by atoms with Crippen molar-refractivity contribution >= 4 is 40.2 Å². The lowest BCUT2D eigenvalue weighted by atomic mass is 9.48. The van der Waals surface area contributed by atoms with E-state index in [1.165, 1.54) is 31.0 Å². The molecule has 1 heterocycles. The highest BCUT2D eigenvalue weighted by Gasteiger charge is 2.54. The standard InChI is InChI=1S/C19H20ClNO2S/c20-14-1-2-16-15(6-14)21-18(23-16)24-10-17(22)19-7-11-3-12(8-19)5-13(4-11)9-19/h1-2,6,11-13H,3-5,7-10H2. The van der Waals surface area contributed by atoms with Gasteiger partial charge < -0.3 is 4.42 Å². The van der Waals surface area contributed by atoms with E-state index in [0.717, 1.165) is 48.1 Å². The van der Waals surface area contributed by atoms with E-state index in [2.05, 4.69) is 4.98 Å². The maximum absolute atomic E-state index is 13.0. The maximum atomic E-state index is 13.0. The van der Waals surface area contributed by atoms with Gasteiger partial charge in [-0.3, -0.25) is 4.79 Å². The van der Waals surface area contributed by atoms with Crippen LogP contribution in [0.5, 0.6) is 0 Å². The molecule has 24 heavy (non-hydrogen) atoms. The molecule has 4 aliphatic carbocycles. The molecule has 0 radical (unpaired) electrons. The van der Waals surface area contributed by atoms with Crippen LogP contribution >= 0.6 is 23.4 Å². The number of carbonyl (C=O) groups excluding carboxylic acids is 1. The van der Waals surface area contributed by atoms with Crippen LogP contribution in [0.15, 0.2) is 27.8 Å². The van der Waals surface area contributed by atoms with Gasteiger partial charge in [-0.15, -0.1) is 0 Å². The van der Waals surface area contributed by atoms with Crippen LogP contribution in [0.4, 0.5) is 0 Å². The molecule has 0 unspecified atom stereocenters. The molecule has 0 amide bonds. The summed E-state index contributed by atoms with van der Waals surface area (Å²) in [7, 11) is 0. The number of oxazole rings is 1. The van der Waals surface area contributed by atoms with Crippen LogP contribution in [0.1, 0.15) is 38.5 Å². The molecule has 1 aromatic heterocycles. The largest absolute Gasteiger partial charge is 0.431 e. The number of rotatable bonds is 4. The van der Waals surface area contributed by atoms with Crippen LogP contribution < -0.4 is 0 Å². The number of carbonyl (C=O) groups is 1. The van der Waals surface area contributed by atoms with E-state index in [9.17, 15) is 4.79 Å². The van der Waals surface area contributed by atoms with E-state index in [1.54, 1.807) is 12.1 Å². The van der Waals surface area contributed by atoms with E-state index < -0.39 is 0 Å². The predicted octanol–water partition coefficient (Wildman–Crippen LogP) is 5.36. The number of aromatic nitrogens is 1. The number of hydrogen-bond acceptors (Lipinski definition) is 4. The summed E-state index contributed by atoms with van der Waals surface area (Å²) in [6.45, 7) is 0. The van der Waals surface area contributed by atoms with E-state index in [-0.39, 0.29) is 5.41 Å². The van der Waals surface area contributed by atoms with Crippen molar-refractivity contribution in [2.24, 2.45) is 23.2 Å². The fraction of sp³-hybridized carbons (Fsp3) is 0.579. The summed E-state index contributed by atoms with van der Waals surface area (Å²) in [5.74, 6) is 3.31. The minimum atomic E-state index is -0.0307. The van der Waals surface area contributed by atoms with Crippen molar-refractivity contribution in [2.75, 3.05) is 5.75 Å². The Kier molecular flexibility index (Phi) is 3.50. The van der Waals surface area contributed by atoms with Crippen molar-refractivity contribution in [3.8, 4) is 0 Å². The van der Waals surface area contributed by atoms with Gasteiger partial charge in [0.2, 0.25) is 0 Å². The molecule has 2 aromatic rings. The van der Waals surface area contributed by atoms with Crippen LogP contribution in [0.25, 0.3) is 11.1 Å². The fourth-order valence-corrected chi connectivity index (χ4v) is 6.71. The van der Waals surface area contributed by atoms with Crippen LogP contribution in [0, 0.1) is 23.2 Å². The molecule has 0 spiro atoms. The Hall–Kier alpha value is -1.00. The number of thioether (sulfide) groups is 1. The van der Waals surface area contributed by atoms with E-state index in [0.29, 0.717) is 21.8 Å². The number of fused-ring (bicyclic) bond motifs is 1. The Bertz CT molecular complexity index is 780. The van der Waals surface area contributed by atoms with Crippen LogP contribution in [-0.4, -0.2) is 16.5 Å². The van der Waals surface area contributed by atoms with Gasteiger partial charge in [0.1, 0.15) is 11.3 Å². The van der Waals surface area contributed by atoms with Crippen molar-refractivity contribution in [1.29, 1.82) is 0 Å². The third-order valence-electron chi connectivity index (χ3n) is 6.29. The van der Waals surface area contributed by atoms with Gasteiger partial charge in [0.25, 0.3) is 5.22 Å².